The second-order valence-electron chi connectivity index (χ2n) is 5.86. The average Bonchev–Trinajstić information content (AvgIpc) is 2.95. The SMILES string of the molecule is Cc1cccnc1Oc1ccc(Nc2nc3ccccc3n2C)cc1. The zero-order valence-corrected chi connectivity index (χ0v) is 14.1. The van der Waals surface area contributed by atoms with Crippen molar-refractivity contribution in [3.63, 3.8) is 0 Å². The lowest BCUT2D eigenvalue weighted by Crippen LogP contribution is -1.99. The lowest BCUT2D eigenvalue weighted by Gasteiger charge is -2.09. The van der Waals surface area contributed by atoms with E-state index < -0.39 is 0 Å². The molecular weight excluding hydrogens is 312 g/mol. The minimum atomic E-state index is 0.624. The molecule has 2 aromatic heterocycles. The molecule has 0 spiro atoms. The molecule has 2 heterocycles. The summed E-state index contributed by atoms with van der Waals surface area (Å²) in [7, 11) is 2.00. The Hall–Kier alpha value is -3.34. The van der Waals surface area contributed by atoms with Crippen LogP contribution in [0.25, 0.3) is 11.0 Å². The van der Waals surface area contributed by atoms with E-state index in [0.717, 1.165) is 34.0 Å². The van der Waals surface area contributed by atoms with E-state index in [1.165, 1.54) is 0 Å². The minimum Gasteiger partial charge on any atom is -0.439 e. The van der Waals surface area contributed by atoms with E-state index in [4.69, 9.17) is 4.74 Å². The van der Waals surface area contributed by atoms with Gasteiger partial charge in [-0.25, -0.2) is 9.97 Å². The van der Waals surface area contributed by atoms with E-state index in [1.807, 2.05) is 73.1 Å². The summed E-state index contributed by atoms with van der Waals surface area (Å²) in [5.74, 6) is 2.17. The van der Waals surface area contributed by atoms with Crippen LogP contribution >= 0.6 is 0 Å². The van der Waals surface area contributed by atoms with Gasteiger partial charge in [0.05, 0.1) is 11.0 Å². The van der Waals surface area contributed by atoms with Crippen LogP contribution in [-0.2, 0) is 7.05 Å². The number of benzene rings is 2. The summed E-state index contributed by atoms with van der Waals surface area (Å²) in [4.78, 5) is 8.87. The van der Waals surface area contributed by atoms with E-state index in [2.05, 4.69) is 21.4 Å². The predicted molar refractivity (Wildman–Crippen MR) is 99.5 cm³/mol. The molecule has 0 saturated heterocycles. The maximum absolute atomic E-state index is 5.83. The molecule has 0 aliphatic rings. The van der Waals surface area contributed by atoms with Crippen molar-refractivity contribution >= 4 is 22.7 Å². The molecule has 0 bridgehead atoms. The predicted octanol–water partition coefficient (Wildman–Crippen LogP) is 4.81. The molecule has 4 aromatic rings. The minimum absolute atomic E-state index is 0.624. The molecule has 25 heavy (non-hydrogen) atoms. The number of aryl methyl sites for hydroxylation is 2. The summed E-state index contributed by atoms with van der Waals surface area (Å²) < 4.78 is 7.87. The van der Waals surface area contributed by atoms with Crippen molar-refractivity contribution in [3.05, 3.63) is 72.4 Å². The van der Waals surface area contributed by atoms with E-state index in [-0.39, 0.29) is 0 Å². The van der Waals surface area contributed by atoms with Gasteiger partial charge in [-0.1, -0.05) is 18.2 Å². The van der Waals surface area contributed by atoms with Crippen LogP contribution in [0.5, 0.6) is 11.6 Å². The Morgan fingerprint density at radius 2 is 1.76 bits per heavy atom. The van der Waals surface area contributed by atoms with Crippen molar-refractivity contribution < 1.29 is 4.74 Å². The molecule has 4 rings (SSSR count). The summed E-state index contributed by atoms with van der Waals surface area (Å²) in [5.41, 5.74) is 4.02. The zero-order chi connectivity index (χ0) is 17.2. The fraction of sp³-hybridized carbons (Fsp3) is 0.100. The van der Waals surface area contributed by atoms with Crippen LogP contribution in [0.1, 0.15) is 5.56 Å². The summed E-state index contributed by atoms with van der Waals surface area (Å²) in [6.07, 6.45) is 1.73. The van der Waals surface area contributed by atoms with Crippen LogP contribution in [0.4, 0.5) is 11.6 Å². The largest absolute Gasteiger partial charge is 0.439 e. The topological polar surface area (TPSA) is 52.0 Å². The molecule has 0 unspecified atom stereocenters. The summed E-state index contributed by atoms with van der Waals surface area (Å²) in [6.45, 7) is 1.98. The maximum Gasteiger partial charge on any atom is 0.222 e. The Balaban J connectivity index is 1.54. The van der Waals surface area contributed by atoms with E-state index in [0.29, 0.717) is 5.88 Å². The molecule has 0 saturated carbocycles. The van der Waals surface area contributed by atoms with Gasteiger partial charge in [0, 0.05) is 24.5 Å². The van der Waals surface area contributed by atoms with Gasteiger partial charge in [0.25, 0.3) is 0 Å². The number of ether oxygens (including phenoxy) is 1. The Morgan fingerprint density at radius 1 is 0.960 bits per heavy atom. The third kappa shape index (κ3) is 3.04. The lowest BCUT2D eigenvalue weighted by molar-refractivity contribution is 0.459. The van der Waals surface area contributed by atoms with Crippen molar-refractivity contribution in [3.8, 4) is 11.6 Å². The van der Waals surface area contributed by atoms with Gasteiger partial charge in [-0.05, 0) is 49.4 Å². The highest BCUT2D eigenvalue weighted by molar-refractivity contribution is 5.79. The molecule has 5 nitrogen and oxygen atoms in total. The molecule has 0 fully saturated rings. The number of hydrogen-bond acceptors (Lipinski definition) is 4. The summed E-state index contributed by atoms with van der Waals surface area (Å²) >= 11 is 0. The third-order valence-corrected chi connectivity index (χ3v) is 4.07. The van der Waals surface area contributed by atoms with E-state index >= 15 is 0 Å². The van der Waals surface area contributed by atoms with Gasteiger partial charge in [0.2, 0.25) is 11.8 Å². The number of nitrogens with one attached hydrogen (secondary N) is 1. The number of nitrogens with zero attached hydrogens (tertiary/aromatic N) is 3. The normalized spacial score (nSPS) is 10.8. The number of hydrogen-bond donors (Lipinski definition) is 1. The standard InChI is InChI=1S/C20H18N4O/c1-14-6-5-13-21-19(14)25-16-11-9-15(10-12-16)22-20-23-17-7-3-4-8-18(17)24(20)2/h3-13H,1-2H3,(H,22,23). The van der Waals surface area contributed by atoms with Crippen LogP contribution in [0.3, 0.4) is 0 Å². The number of imidazole rings is 1. The molecule has 0 atom stereocenters. The first-order valence-electron chi connectivity index (χ1n) is 8.09. The molecule has 2 aromatic carbocycles. The van der Waals surface area contributed by atoms with Crippen molar-refractivity contribution in [1.82, 2.24) is 14.5 Å². The molecule has 124 valence electrons. The summed E-state index contributed by atoms with van der Waals surface area (Å²) in [6, 6.07) is 19.7. The van der Waals surface area contributed by atoms with Crippen LogP contribution < -0.4 is 10.1 Å². The number of anilines is 2. The Labute approximate surface area is 145 Å². The monoisotopic (exact) mass is 330 g/mol. The van der Waals surface area contributed by atoms with Gasteiger partial charge in [-0.2, -0.15) is 0 Å². The number of fused-ring (bicyclic) bond motifs is 1. The first-order valence-corrected chi connectivity index (χ1v) is 8.09. The van der Waals surface area contributed by atoms with Crippen molar-refractivity contribution in [1.29, 1.82) is 0 Å². The fourth-order valence-corrected chi connectivity index (χ4v) is 2.68. The molecule has 5 heteroatoms. The fourth-order valence-electron chi connectivity index (χ4n) is 2.68. The average molecular weight is 330 g/mol. The van der Waals surface area contributed by atoms with Crippen LogP contribution in [0, 0.1) is 6.92 Å². The highest BCUT2D eigenvalue weighted by Gasteiger charge is 2.07. The number of rotatable bonds is 4. The quantitative estimate of drug-likeness (QED) is 0.583. The van der Waals surface area contributed by atoms with Crippen LogP contribution in [-0.4, -0.2) is 14.5 Å². The van der Waals surface area contributed by atoms with Gasteiger partial charge < -0.3 is 14.6 Å². The highest BCUT2D eigenvalue weighted by atomic mass is 16.5. The van der Waals surface area contributed by atoms with E-state index in [1.54, 1.807) is 6.20 Å². The lowest BCUT2D eigenvalue weighted by atomic mass is 10.3. The van der Waals surface area contributed by atoms with Gasteiger partial charge >= 0.3 is 0 Å². The summed E-state index contributed by atoms with van der Waals surface area (Å²) in [5, 5.41) is 3.34. The molecule has 0 radical (unpaired) electrons. The number of aromatic nitrogens is 3. The third-order valence-electron chi connectivity index (χ3n) is 4.07. The van der Waals surface area contributed by atoms with Crippen molar-refractivity contribution in [2.75, 3.05) is 5.32 Å². The van der Waals surface area contributed by atoms with E-state index in [9.17, 15) is 0 Å². The molecule has 0 amide bonds. The molecule has 0 aliphatic carbocycles. The van der Waals surface area contributed by atoms with Gasteiger partial charge in [0.1, 0.15) is 5.75 Å². The Morgan fingerprint density at radius 3 is 2.52 bits per heavy atom. The first kappa shape index (κ1) is 15.2. The maximum atomic E-state index is 5.83. The van der Waals surface area contributed by atoms with Crippen molar-refractivity contribution in [2.24, 2.45) is 7.05 Å². The highest BCUT2D eigenvalue weighted by Crippen LogP contribution is 2.26. The van der Waals surface area contributed by atoms with Crippen LogP contribution in [0.2, 0.25) is 0 Å². The number of para-hydroxylation sites is 2. The van der Waals surface area contributed by atoms with Gasteiger partial charge in [0.15, 0.2) is 0 Å². The Kier molecular flexibility index (Phi) is 3.82. The molecular formula is C20H18N4O. The molecule has 1 N–H and O–H groups in total. The molecule has 0 aliphatic heterocycles. The zero-order valence-electron chi connectivity index (χ0n) is 14.1. The van der Waals surface area contributed by atoms with Crippen LogP contribution in [0.15, 0.2) is 66.9 Å². The van der Waals surface area contributed by atoms with Crippen molar-refractivity contribution in [2.45, 2.75) is 6.92 Å². The van der Waals surface area contributed by atoms with Gasteiger partial charge in [-0.3, -0.25) is 0 Å². The smallest absolute Gasteiger partial charge is 0.222 e. The first-order chi connectivity index (χ1) is 12.2. The second kappa shape index (κ2) is 6.28. The number of pyridine rings is 1. The van der Waals surface area contributed by atoms with Gasteiger partial charge in [-0.15, -0.1) is 0 Å². The Bertz CT molecular complexity index is 1020. The second-order valence-corrected chi connectivity index (χ2v) is 5.86.